The van der Waals surface area contributed by atoms with Crippen molar-refractivity contribution < 1.29 is 9.53 Å². The minimum atomic E-state index is -0.107. The maximum absolute atomic E-state index is 11.0. The van der Waals surface area contributed by atoms with Crippen molar-refractivity contribution in [3.8, 4) is 5.75 Å². The second-order valence-electron chi connectivity index (χ2n) is 3.93. The maximum Gasteiger partial charge on any atom is 0.221 e. The normalized spacial score (nSPS) is 12.0. The van der Waals surface area contributed by atoms with Crippen LogP contribution in [0.5, 0.6) is 5.75 Å². The molecule has 1 aromatic carbocycles. The van der Waals surface area contributed by atoms with Gasteiger partial charge in [-0.1, -0.05) is 6.07 Å². The van der Waals surface area contributed by atoms with Crippen LogP contribution in [0.4, 0.5) is 5.69 Å². The molecular weight excluding hydrogens is 238 g/mol. The number of amides is 1. The Morgan fingerprint density at radius 1 is 1.53 bits per heavy atom. The van der Waals surface area contributed by atoms with Crippen molar-refractivity contribution in [1.82, 2.24) is 0 Å². The second-order valence-corrected chi connectivity index (χ2v) is 4.67. The monoisotopic (exact) mass is 255 g/mol. The van der Waals surface area contributed by atoms with Crippen molar-refractivity contribution in [2.24, 2.45) is 0 Å². The first-order valence-corrected chi connectivity index (χ1v) is 6.14. The fourth-order valence-electron chi connectivity index (χ4n) is 1.59. The van der Waals surface area contributed by atoms with Gasteiger partial charge in [0, 0.05) is 12.3 Å². The van der Waals surface area contributed by atoms with E-state index in [0.717, 1.165) is 12.0 Å². The van der Waals surface area contributed by atoms with Crippen molar-refractivity contribution in [2.45, 2.75) is 32.6 Å². The summed E-state index contributed by atoms with van der Waals surface area (Å²) in [5.74, 6) is 0.585. The van der Waals surface area contributed by atoms with Gasteiger partial charge in [0.15, 0.2) is 0 Å². The van der Waals surface area contributed by atoms with Crippen molar-refractivity contribution >= 4 is 23.2 Å². The van der Waals surface area contributed by atoms with Crippen molar-refractivity contribution in [3.05, 3.63) is 23.8 Å². The summed E-state index contributed by atoms with van der Waals surface area (Å²) >= 11 is 5.96. The van der Waals surface area contributed by atoms with Gasteiger partial charge in [0.25, 0.3) is 0 Å². The van der Waals surface area contributed by atoms with E-state index in [1.807, 2.05) is 32.0 Å². The lowest BCUT2D eigenvalue weighted by molar-refractivity contribution is -0.114. The zero-order chi connectivity index (χ0) is 12.8. The van der Waals surface area contributed by atoms with Gasteiger partial charge in [-0.05, 0) is 38.0 Å². The molecule has 94 valence electrons. The molecule has 1 aromatic rings. The molecule has 0 aliphatic heterocycles. The van der Waals surface area contributed by atoms with Gasteiger partial charge in [-0.3, -0.25) is 4.79 Å². The fraction of sp³-hybridized carbons (Fsp3) is 0.462. The van der Waals surface area contributed by atoms with E-state index >= 15 is 0 Å². The number of alkyl halides is 1. The third-order valence-electron chi connectivity index (χ3n) is 2.17. The summed E-state index contributed by atoms with van der Waals surface area (Å²) in [7, 11) is 0. The highest BCUT2D eigenvalue weighted by Gasteiger charge is 2.08. The molecule has 0 aromatic heterocycles. The quantitative estimate of drug-likeness (QED) is 0.821. The third-order valence-corrected chi connectivity index (χ3v) is 2.33. The van der Waals surface area contributed by atoms with Crippen LogP contribution in [-0.4, -0.2) is 17.9 Å². The smallest absolute Gasteiger partial charge is 0.221 e. The molecule has 1 unspecified atom stereocenters. The van der Waals surface area contributed by atoms with Gasteiger partial charge in [0.05, 0.1) is 12.3 Å². The Morgan fingerprint density at radius 2 is 2.24 bits per heavy atom. The van der Waals surface area contributed by atoms with Crippen LogP contribution < -0.4 is 10.1 Å². The maximum atomic E-state index is 11.0. The minimum Gasteiger partial charge on any atom is -0.492 e. The number of halogens is 1. The van der Waals surface area contributed by atoms with E-state index in [1.54, 1.807) is 0 Å². The minimum absolute atomic E-state index is 0.0797. The zero-order valence-electron chi connectivity index (χ0n) is 10.4. The summed E-state index contributed by atoms with van der Waals surface area (Å²) in [6, 6.07) is 5.72. The zero-order valence-corrected chi connectivity index (χ0v) is 11.2. The highest BCUT2D eigenvalue weighted by Crippen LogP contribution is 2.27. The van der Waals surface area contributed by atoms with E-state index in [2.05, 4.69) is 5.32 Å². The molecule has 0 fully saturated rings. The van der Waals surface area contributed by atoms with Gasteiger partial charge in [-0.15, -0.1) is 11.6 Å². The van der Waals surface area contributed by atoms with Crippen LogP contribution in [0, 0.1) is 0 Å². The molecule has 0 aliphatic rings. The van der Waals surface area contributed by atoms with E-state index in [9.17, 15) is 4.79 Å². The molecule has 0 radical (unpaired) electrons. The molecular formula is C13H18ClNO2. The Labute approximate surface area is 107 Å². The molecule has 0 saturated heterocycles. The number of rotatable bonds is 5. The Bertz CT molecular complexity index is 391. The van der Waals surface area contributed by atoms with Crippen LogP contribution in [0.25, 0.3) is 0 Å². The molecule has 0 heterocycles. The van der Waals surface area contributed by atoms with Crippen LogP contribution in [0.1, 0.15) is 26.3 Å². The van der Waals surface area contributed by atoms with Crippen LogP contribution >= 0.6 is 11.6 Å². The summed E-state index contributed by atoms with van der Waals surface area (Å²) in [5, 5.41) is 2.82. The molecule has 1 amide bonds. The number of ether oxygens (including phenoxy) is 1. The van der Waals surface area contributed by atoms with Crippen molar-refractivity contribution in [2.75, 3.05) is 11.9 Å². The Kier molecular flexibility index (Phi) is 5.29. The van der Waals surface area contributed by atoms with Crippen LogP contribution in [-0.2, 0) is 11.2 Å². The lowest BCUT2D eigenvalue weighted by Crippen LogP contribution is -2.08. The third kappa shape index (κ3) is 4.65. The molecule has 3 nitrogen and oxygen atoms in total. The van der Waals surface area contributed by atoms with Crippen molar-refractivity contribution in [3.63, 3.8) is 0 Å². The molecule has 4 heteroatoms. The van der Waals surface area contributed by atoms with Gasteiger partial charge < -0.3 is 10.1 Å². The molecule has 0 spiro atoms. The molecule has 1 atom stereocenters. The second kappa shape index (κ2) is 6.50. The Morgan fingerprint density at radius 3 is 2.76 bits per heavy atom. The summed E-state index contributed by atoms with van der Waals surface area (Å²) in [6.07, 6.45) is 0.780. The number of carbonyl (C=O) groups is 1. The summed E-state index contributed by atoms with van der Waals surface area (Å²) in [4.78, 5) is 11.0. The lowest BCUT2D eigenvalue weighted by Gasteiger charge is -2.13. The van der Waals surface area contributed by atoms with Gasteiger partial charge in [-0.25, -0.2) is 0 Å². The predicted molar refractivity (Wildman–Crippen MR) is 70.9 cm³/mol. The van der Waals surface area contributed by atoms with E-state index in [4.69, 9.17) is 16.3 Å². The van der Waals surface area contributed by atoms with Gasteiger partial charge in [0.1, 0.15) is 5.75 Å². The SMILES string of the molecule is CCOc1cc(CC(C)Cl)ccc1NC(C)=O. The van der Waals surface area contributed by atoms with Crippen molar-refractivity contribution in [1.29, 1.82) is 0 Å². The van der Waals surface area contributed by atoms with Gasteiger partial charge in [0.2, 0.25) is 5.91 Å². The first-order chi connectivity index (χ1) is 8.02. The predicted octanol–water partition coefficient (Wildman–Crippen LogP) is 3.21. The molecule has 0 bridgehead atoms. The standard InChI is InChI=1S/C13H18ClNO2/c1-4-17-13-8-11(7-9(2)14)5-6-12(13)15-10(3)16/h5-6,8-9H,4,7H2,1-3H3,(H,15,16). The Hall–Kier alpha value is -1.22. The summed E-state index contributed by atoms with van der Waals surface area (Å²) in [5.41, 5.74) is 1.80. The molecule has 1 N–H and O–H groups in total. The number of carbonyl (C=O) groups excluding carboxylic acids is 1. The first-order valence-electron chi connectivity index (χ1n) is 5.70. The topological polar surface area (TPSA) is 38.3 Å². The van der Waals surface area contributed by atoms with E-state index in [-0.39, 0.29) is 11.3 Å². The highest BCUT2D eigenvalue weighted by atomic mass is 35.5. The van der Waals surface area contributed by atoms with Crippen LogP contribution in [0.3, 0.4) is 0 Å². The van der Waals surface area contributed by atoms with Crippen LogP contribution in [0.15, 0.2) is 18.2 Å². The van der Waals surface area contributed by atoms with E-state index in [0.29, 0.717) is 18.0 Å². The molecule has 0 saturated carbocycles. The summed E-state index contributed by atoms with van der Waals surface area (Å²) < 4.78 is 5.50. The number of hydrogen-bond acceptors (Lipinski definition) is 2. The van der Waals surface area contributed by atoms with E-state index in [1.165, 1.54) is 6.92 Å². The number of anilines is 1. The number of hydrogen-bond donors (Lipinski definition) is 1. The summed E-state index contributed by atoms with van der Waals surface area (Å²) in [6.45, 7) is 5.90. The molecule has 0 aliphatic carbocycles. The average molecular weight is 256 g/mol. The first kappa shape index (κ1) is 13.8. The van der Waals surface area contributed by atoms with E-state index < -0.39 is 0 Å². The Balaban J connectivity index is 2.94. The number of benzene rings is 1. The van der Waals surface area contributed by atoms with Gasteiger partial charge in [-0.2, -0.15) is 0 Å². The van der Waals surface area contributed by atoms with Gasteiger partial charge >= 0.3 is 0 Å². The highest BCUT2D eigenvalue weighted by molar-refractivity contribution is 6.20. The van der Waals surface area contributed by atoms with Crippen LogP contribution in [0.2, 0.25) is 0 Å². The molecule has 17 heavy (non-hydrogen) atoms. The average Bonchev–Trinajstić information content (AvgIpc) is 2.21. The fourth-order valence-corrected chi connectivity index (χ4v) is 1.76. The number of nitrogens with one attached hydrogen (secondary N) is 1. The largest absolute Gasteiger partial charge is 0.492 e. The lowest BCUT2D eigenvalue weighted by atomic mass is 10.1. The molecule has 1 rings (SSSR count).